The van der Waals surface area contributed by atoms with E-state index in [9.17, 15) is 8.78 Å². The van der Waals surface area contributed by atoms with Gasteiger partial charge in [0.05, 0.1) is 6.54 Å². The Morgan fingerprint density at radius 1 is 1.64 bits per heavy atom. The highest BCUT2D eigenvalue weighted by molar-refractivity contribution is 6.36. The lowest BCUT2D eigenvalue weighted by molar-refractivity contribution is 0.105. The molecule has 11 heavy (non-hydrogen) atoms. The predicted octanol–water partition coefficient (Wildman–Crippen LogP) is 2.50. The summed E-state index contributed by atoms with van der Waals surface area (Å²) in [6.45, 7) is -0.0314. The van der Waals surface area contributed by atoms with Crippen LogP contribution in [-0.2, 0) is 0 Å². The van der Waals surface area contributed by atoms with Gasteiger partial charge in [0.1, 0.15) is 0 Å². The van der Waals surface area contributed by atoms with Crippen LogP contribution in [0.15, 0.2) is 10.6 Å². The van der Waals surface area contributed by atoms with Crippen molar-refractivity contribution in [2.24, 2.45) is 0 Å². The van der Waals surface area contributed by atoms with Crippen molar-refractivity contribution in [1.29, 1.82) is 0 Å². The molecule has 0 aromatic heterocycles. The zero-order valence-electron chi connectivity index (χ0n) is 6.03. The zero-order valence-corrected chi connectivity index (χ0v) is 7.54. The minimum Gasteiger partial charge on any atom is -0.296 e. The van der Waals surface area contributed by atoms with Gasteiger partial charge in [-0.05, 0) is 7.05 Å². The minimum atomic E-state index is -2.33. The molecule has 0 atom stereocenters. The normalized spacial score (nSPS) is 13.2. The van der Waals surface area contributed by atoms with E-state index in [1.807, 2.05) is 0 Å². The summed E-state index contributed by atoms with van der Waals surface area (Å²) in [4.78, 5) is 1.39. The van der Waals surface area contributed by atoms with Gasteiger partial charge < -0.3 is 0 Å². The Labute approximate surface area is 74.6 Å². The fourth-order valence-corrected chi connectivity index (χ4v) is 0.866. The second-order valence-corrected chi connectivity index (χ2v) is 2.85. The summed E-state index contributed by atoms with van der Waals surface area (Å²) in [7, 11) is 1.55. The first-order valence-corrected chi connectivity index (χ1v) is 3.79. The Balaban J connectivity index is 3.60. The van der Waals surface area contributed by atoms with Crippen molar-refractivity contribution in [3.05, 3.63) is 10.6 Å². The van der Waals surface area contributed by atoms with Crippen molar-refractivity contribution < 1.29 is 8.78 Å². The SMILES string of the molecule is CN(C/C(Cl)=C/Cl)CC(F)F. The van der Waals surface area contributed by atoms with Crippen molar-refractivity contribution in [1.82, 2.24) is 4.90 Å². The summed E-state index contributed by atoms with van der Waals surface area (Å²) < 4.78 is 23.4. The molecule has 1 nitrogen and oxygen atoms in total. The highest BCUT2D eigenvalue weighted by Gasteiger charge is 2.07. The Bertz CT molecular complexity index is 139. The first kappa shape index (κ1) is 11.1. The van der Waals surface area contributed by atoms with E-state index in [-0.39, 0.29) is 13.1 Å². The van der Waals surface area contributed by atoms with E-state index in [2.05, 4.69) is 0 Å². The van der Waals surface area contributed by atoms with E-state index in [1.54, 1.807) is 7.05 Å². The van der Waals surface area contributed by atoms with E-state index < -0.39 is 6.43 Å². The molecule has 0 saturated carbocycles. The number of nitrogens with zero attached hydrogens (tertiary/aromatic N) is 1. The molecule has 0 fully saturated rings. The third-order valence-electron chi connectivity index (χ3n) is 0.989. The lowest BCUT2D eigenvalue weighted by Crippen LogP contribution is -2.25. The molecular weight excluding hydrogens is 195 g/mol. The molecule has 0 unspecified atom stereocenters. The van der Waals surface area contributed by atoms with E-state index >= 15 is 0 Å². The lowest BCUT2D eigenvalue weighted by atomic mass is 10.5. The highest BCUT2D eigenvalue weighted by atomic mass is 35.5. The summed E-state index contributed by atoms with van der Waals surface area (Å²) >= 11 is 10.7. The van der Waals surface area contributed by atoms with Crippen molar-refractivity contribution in [3.63, 3.8) is 0 Å². The maximum atomic E-state index is 11.7. The second-order valence-electron chi connectivity index (χ2n) is 2.14. The molecule has 0 aromatic rings. The molecule has 0 rings (SSSR count). The van der Waals surface area contributed by atoms with Crippen LogP contribution in [0.4, 0.5) is 8.78 Å². The Morgan fingerprint density at radius 3 is 2.55 bits per heavy atom. The van der Waals surface area contributed by atoms with Crippen molar-refractivity contribution in [2.75, 3.05) is 20.1 Å². The van der Waals surface area contributed by atoms with Crippen LogP contribution in [0.5, 0.6) is 0 Å². The number of likely N-dealkylation sites (N-methyl/N-ethyl adjacent to an activating group) is 1. The van der Waals surface area contributed by atoms with Crippen LogP contribution < -0.4 is 0 Å². The highest BCUT2D eigenvalue weighted by Crippen LogP contribution is 2.06. The van der Waals surface area contributed by atoms with E-state index in [1.165, 1.54) is 10.4 Å². The lowest BCUT2D eigenvalue weighted by Gasteiger charge is -2.14. The monoisotopic (exact) mass is 203 g/mol. The van der Waals surface area contributed by atoms with E-state index in [0.717, 1.165) is 0 Å². The summed E-state index contributed by atoms with van der Waals surface area (Å²) in [6, 6.07) is 0. The number of hydrogen-bond acceptors (Lipinski definition) is 1. The average Bonchev–Trinajstić information content (AvgIpc) is 1.85. The molecular formula is C6H9Cl2F2N. The van der Waals surface area contributed by atoms with Gasteiger partial charge in [-0.15, -0.1) is 0 Å². The molecule has 66 valence electrons. The standard InChI is InChI=1S/C6H9Cl2F2N/c1-11(4-6(9)10)3-5(8)2-7/h2,6H,3-4H2,1H3/b5-2-. The largest absolute Gasteiger partial charge is 0.296 e. The van der Waals surface area contributed by atoms with Gasteiger partial charge in [0.2, 0.25) is 0 Å². The Hall–Kier alpha value is 0.140. The molecule has 5 heteroatoms. The number of alkyl halides is 2. The van der Waals surface area contributed by atoms with Crippen LogP contribution in [0, 0.1) is 0 Å². The van der Waals surface area contributed by atoms with Gasteiger partial charge in [-0.25, -0.2) is 8.78 Å². The number of hydrogen-bond donors (Lipinski definition) is 0. The average molecular weight is 204 g/mol. The molecule has 0 aliphatic heterocycles. The predicted molar refractivity (Wildman–Crippen MR) is 43.3 cm³/mol. The molecule has 0 N–H and O–H groups in total. The summed E-state index contributed by atoms with van der Waals surface area (Å²) in [6.07, 6.45) is -2.33. The molecule has 0 amide bonds. The van der Waals surface area contributed by atoms with Gasteiger partial charge in [-0.2, -0.15) is 0 Å². The first-order valence-electron chi connectivity index (χ1n) is 2.97. The van der Waals surface area contributed by atoms with Crippen molar-refractivity contribution >= 4 is 23.2 Å². The van der Waals surface area contributed by atoms with E-state index in [4.69, 9.17) is 23.2 Å². The second kappa shape index (κ2) is 5.75. The third-order valence-corrected chi connectivity index (χ3v) is 1.59. The topological polar surface area (TPSA) is 3.24 Å². The zero-order chi connectivity index (χ0) is 8.85. The molecule has 0 bridgehead atoms. The summed E-state index contributed by atoms with van der Waals surface area (Å²) in [5.74, 6) is 0. The van der Waals surface area contributed by atoms with Crippen molar-refractivity contribution in [3.8, 4) is 0 Å². The molecule has 0 heterocycles. The number of rotatable bonds is 4. The molecule has 0 spiro atoms. The van der Waals surface area contributed by atoms with Gasteiger partial charge >= 0.3 is 0 Å². The van der Waals surface area contributed by atoms with Crippen LogP contribution in [0.3, 0.4) is 0 Å². The summed E-state index contributed by atoms with van der Waals surface area (Å²) in [5, 5.41) is 0.356. The quantitative estimate of drug-likeness (QED) is 0.679. The van der Waals surface area contributed by atoms with Gasteiger partial charge in [-0.1, -0.05) is 23.2 Å². The van der Waals surface area contributed by atoms with Crippen LogP contribution in [0.2, 0.25) is 0 Å². The van der Waals surface area contributed by atoms with Crippen LogP contribution in [0.1, 0.15) is 0 Å². The number of halogens is 4. The van der Waals surface area contributed by atoms with E-state index in [0.29, 0.717) is 5.03 Å². The molecule has 0 radical (unpaired) electrons. The molecule has 0 saturated heterocycles. The van der Waals surface area contributed by atoms with Crippen molar-refractivity contribution in [2.45, 2.75) is 6.43 Å². The maximum absolute atomic E-state index is 11.7. The Kier molecular flexibility index (Phi) is 5.82. The fraction of sp³-hybridized carbons (Fsp3) is 0.667. The summed E-state index contributed by atoms with van der Waals surface area (Å²) in [5.41, 5.74) is 1.17. The van der Waals surface area contributed by atoms with Crippen LogP contribution >= 0.6 is 23.2 Å². The molecule has 0 aromatic carbocycles. The fourth-order valence-electron chi connectivity index (χ4n) is 0.593. The smallest absolute Gasteiger partial charge is 0.251 e. The minimum absolute atomic E-state index is 0.259. The van der Waals surface area contributed by atoms with Crippen LogP contribution in [0.25, 0.3) is 0 Å². The van der Waals surface area contributed by atoms with Gasteiger partial charge in [0, 0.05) is 17.1 Å². The molecule has 0 aliphatic carbocycles. The van der Waals surface area contributed by atoms with Gasteiger partial charge in [-0.3, -0.25) is 4.90 Å². The van der Waals surface area contributed by atoms with Gasteiger partial charge in [0.25, 0.3) is 6.43 Å². The third kappa shape index (κ3) is 6.53. The molecule has 0 aliphatic rings. The first-order chi connectivity index (χ1) is 5.06. The van der Waals surface area contributed by atoms with Gasteiger partial charge in [0.15, 0.2) is 0 Å². The van der Waals surface area contributed by atoms with Crippen LogP contribution in [-0.4, -0.2) is 31.5 Å². The Morgan fingerprint density at radius 2 is 2.18 bits per heavy atom. The maximum Gasteiger partial charge on any atom is 0.251 e.